The minimum absolute atomic E-state index is 0.162. The van der Waals surface area contributed by atoms with E-state index in [0.717, 1.165) is 0 Å². The third kappa shape index (κ3) is 4.52. The number of nitrogens with zero attached hydrogens (tertiary/aromatic N) is 2. The second-order valence-electron chi connectivity index (χ2n) is 5.17. The highest BCUT2D eigenvalue weighted by atomic mass is 35.5. The van der Waals surface area contributed by atoms with Gasteiger partial charge >= 0.3 is 6.09 Å². The van der Waals surface area contributed by atoms with Crippen LogP contribution < -0.4 is 0 Å². The normalized spacial score (nSPS) is 11.0. The van der Waals surface area contributed by atoms with Gasteiger partial charge in [-0.15, -0.1) is 4.91 Å². The summed E-state index contributed by atoms with van der Waals surface area (Å²) < 4.78 is 5.22. The van der Waals surface area contributed by atoms with E-state index in [1.165, 1.54) is 4.90 Å². The van der Waals surface area contributed by atoms with Gasteiger partial charge in [-0.1, -0.05) is 17.7 Å². The van der Waals surface area contributed by atoms with Gasteiger partial charge in [-0.2, -0.15) is 0 Å². The van der Waals surface area contributed by atoms with Crippen LogP contribution in [0.5, 0.6) is 0 Å². The third-order valence-electron chi connectivity index (χ3n) is 2.29. The fourth-order valence-corrected chi connectivity index (χ4v) is 1.66. The van der Waals surface area contributed by atoms with E-state index in [0.29, 0.717) is 10.6 Å². The lowest BCUT2D eigenvalue weighted by Gasteiger charge is -2.25. The molecule has 1 rings (SSSR count). The van der Waals surface area contributed by atoms with E-state index >= 15 is 0 Å². The van der Waals surface area contributed by atoms with Crippen LogP contribution in [0.1, 0.15) is 26.3 Å². The molecule has 0 heterocycles. The van der Waals surface area contributed by atoms with E-state index in [9.17, 15) is 9.70 Å². The molecule has 1 aromatic rings. The first-order valence-electron chi connectivity index (χ1n) is 5.79. The molecule has 0 aliphatic heterocycles. The van der Waals surface area contributed by atoms with Crippen LogP contribution in [-0.4, -0.2) is 23.6 Å². The molecule has 0 bridgehead atoms. The quantitative estimate of drug-likeness (QED) is 0.785. The average Bonchev–Trinajstić information content (AvgIpc) is 2.29. The van der Waals surface area contributed by atoms with Gasteiger partial charge in [0.2, 0.25) is 0 Å². The monoisotopic (exact) mass is 284 g/mol. The van der Waals surface area contributed by atoms with Crippen LogP contribution in [0.25, 0.3) is 0 Å². The Bertz CT molecular complexity index is 483. The standard InChI is InChI=1S/C13H17ClN2O3/c1-13(2,3)19-12(17)16(4)8-9-10(14)6-5-7-11(9)15-18/h5-7H,8H2,1-4H3. The number of hydrogen-bond acceptors (Lipinski definition) is 4. The van der Waals surface area contributed by atoms with E-state index in [4.69, 9.17) is 16.3 Å². The lowest BCUT2D eigenvalue weighted by atomic mass is 10.1. The van der Waals surface area contributed by atoms with Crippen molar-refractivity contribution in [2.75, 3.05) is 7.05 Å². The molecule has 0 saturated carbocycles. The molecule has 5 nitrogen and oxygen atoms in total. The van der Waals surface area contributed by atoms with Crippen molar-refractivity contribution in [3.63, 3.8) is 0 Å². The van der Waals surface area contributed by atoms with Crippen LogP contribution in [0.2, 0.25) is 5.02 Å². The number of ether oxygens (including phenoxy) is 1. The van der Waals surface area contributed by atoms with Crippen LogP contribution in [0.4, 0.5) is 10.5 Å². The largest absolute Gasteiger partial charge is 0.444 e. The van der Waals surface area contributed by atoms with Crippen molar-refractivity contribution < 1.29 is 9.53 Å². The maximum Gasteiger partial charge on any atom is 0.410 e. The third-order valence-corrected chi connectivity index (χ3v) is 2.65. The molecule has 0 unspecified atom stereocenters. The smallest absolute Gasteiger partial charge is 0.410 e. The van der Waals surface area contributed by atoms with E-state index < -0.39 is 11.7 Å². The summed E-state index contributed by atoms with van der Waals surface area (Å²) in [4.78, 5) is 23.9. The van der Waals surface area contributed by atoms with Gasteiger partial charge in [-0.25, -0.2) is 4.79 Å². The number of nitroso groups, excluding NO2 is 1. The zero-order chi connectivity index (χ0) is 14.6. The van der Waals surface area contributed by atoms with E-state index in [2.05, 4.69) is 5.18 Å². The maximum absolute atomic E-state index is 11.8. The lowest BCUT2D eigenvalue weighted by molar-refractivity contribution is 0.0285. The fourth-order valence-electron chi connectivity index (χ4n) is 1.43. The van der Waals surface area contributed by atoms with Gasteiger partial charge in [0.25, 0.3) is 0 Å². The molecule has 1 aromatic carbocycles. The molecule has 104 valence electrons. The van der Waals surface area contributed by atoms with Crippen molar-refractivity contribution in [1.29, 1.82) is 0 Å². The predicted molar refractivity (Wildman–Crippen MR) is 74.6 cm³/mol. The summed E-state index contributed by atoms with van der Waals surface area (Å²) in [5, 5.41) is 3.30. The van der Waals surface area contributed by atoms with Crippen molar-refractivity contribution in [3.05, 3.63) is 33.7 Å². The molecule has 0 N–H and O–H groups in total. The van der Waals surface area contributed by atoms with Gasteiger partial charge in [0.1, 0.15) is 11.3 Å². The minimum Gasteiger partial charge on any atom is -0.444 e. The zero-order valence-electron chi connectivity index (χ0n) is 11.4. The van der Waals surface area contributed by atoms with E-state index in [1.54, 1.807) is 46.0 Å². The van der Waals surface area contributed by atoms with Crippen molar-refractivity contribution in [3.8, 4) is 0 Å². The summed E-state index contributed by atoms with van der Waals surface area (Å²) >= 11 is 6.01. The Hall–Kier alpha value is -1.62. The Labute approximate surface area is 117 Å². The Balaban J connectivity index is 2.85. The molecule has 0 spiro atoms. The maximum atomic E-state index is 11.8. The van der Waals surface area contributed by atoms with Gasteiger partial charge < -0.3 is 9.64 Å². The molecule has 0 fully saturated rings. The number of hydrogen-bond donors (Lipinski definition) is 0. The van der Waals surface area contributed by atoms with Gasteiger partial charge in [-0.05, 0) is 38.1 Å². The van der Waals surface area contributed by atoms with Gasteiger partial charge in [-0.3, -0.25) is 0 Å². The Morgan fingerprint density at radius 2 is 2.05 bits per heavy atom. The molecule has 0 aliphatic rings. The zero-order valence-corrected chi connectivity index (χ0v) is 12.2. The summed E-state index contributed by atoms with van der Waals surface area (Å²) in [5.74, 6) is 0. The van der Waals surface area contributed by atoms with E-state index in [-0.39, 0.29) is 12.2 Å². The van der Waals surface area contributed by atoms with Crippen LogP contribution >= 0.6 is 11.6 Å². The van der Waals surface area contributed by atoms with Crippen molar-refractivity contribution >= 4 is 23.4 Å². The number of carbonyl (C=O) groups is 1. The van der Waals surface area contributed by atoms with Crippen molar-refractivity contribution in [2.24, 2.45) is 5.18 Å². The highest BCUT2D eigenvalue weighted by Crippen LogP contribution is 2.28. The van der Waals surface area contributed by atoms with Crippen LogP contribution in [0, 0.1) is 4.91 Å². The predicted octanol–water partition coefficient (Wildman–Crippen LogP) is 4.10. The number of amides is 1. The summed E-state index contributed by atoms with van der Waals surface area (Å²) in [6.45, 7) is 5.52. The molecule has 0 atom stereocenters. The molecular formula is C13H17ClN2O3. The van der Waals surface area contributed by atoms with Crippen molar-refractivity contribution in [2.45, 2.75) is 32.9 Å². The Morgan fingerprint density at radius 1 is 1.42 bits per heavy atom. The summed E-state index contributed by atoms with van der Waals surface area (Å²) in [6.07, 6.45) is -0.482. The molecule has 0 radical (unpaired) electrons. The Kier molecular flexibility index (Phi) is 4.89. The summed E-state index contributed by atoms with van der Waals surface area (Å²) in [5.41, 5.74) is 0.160. The highest BCUT2D eigenvalue weighted by molar-refractivity contribution is 6.31. The molecular weight excluding hydrogens is 268 g/mol. The molecule has 0 aliphatic carbocycles. The fraction of sp³-hybridized carbons (Fsp3) is 0.462. The van der Waals surface area contributed by atoms with Gasteiger partial charge in [0.05, 0.1) is 6.54 Å². The van der Waals surface area contributed by atoms with Crippen LogP contribution in [0.15, 0.2) is 23.4 Å². The molecule has 0 saturated heterocycles. The summed E-state index contributed by atoms with van der Waals surface area (Å²) in [7, 11) is 1.58. The second kappa shape index (κ2) is 6.02. The highest BCUT2D eigenvalue weighted by Gasteiger charge is 2.21. The number of halogens is 1. The van der Waals surface area contributed by atoms with Crippen LogP contribution in [-0.2, 0) is 11.3 Å². The van der Waals surface area contributed by atoms with Crippen LogP contribution in [0.3, 0.4) is 0 Å². The number of carbonyl (C=O) groups excluding carboxylic acids is 1. The lowest BCUT2D eigenvalue weighted by Crippen LogP contribution is -2.33. The van der Waals surface area contributed by atoms with Gasteiger partial charge in [0.15, 0.2) is 0 Å². The minimum atomic E-state index is -0.572. The second-order valence-corrected chi connectivity index (χ2v) is 5.57. The SMILES string of the molecule is CN(Cc1c(Cl)cccc1N=O)C(=O)OC(C)(C)C. The first-order valence-corrected chi connectivity index (χ1v) is 6.17. The van der Waals surface area contributed by atoms with Gasteiger partial charge in [0, 0.05) is 17.6 Å². The summed E-state index contributed by atoms with van der Waals surface area (Å²) in [6, 6.07) is 4.84. The number of benzene rings is 1. The Morgan fingerprint density at radius 3 is 2.58 bits per heavy atom. The first-order chi connectivity index (χ1) is 8.74. The number of rotatable bonds is 3. The van der Waals surface area contributed by atoms with Crippen molar-refractivity contribution in [1.82, 2.24) is 4.90 Å². The average molecular weight is 285 g/mol. The van der Waals surface area contributed by atoms with E-state index in [1.807, 2.05) is 0 Å². The molecule has 6 heteroatoms. The molecule has 1 amide bonds. The first kappa shape index (κ1) is 15.4. The topological polar surface area (TPSA) is 59.0 Å². The molecule has 19 heavy (non-hydrogen) atoms. The molecule has 0 aromatic heterocycles.